The first-order chi connectivity index (χ1) is 16.2. The number of hydrogen-bond donors (Lipinski definition) is 3. The van der Waals surface area contributed by atoms with Gasteiger partial charge >= 0.3 is 0 Å². The van der Waals surface area contributed by atoms with Crippen LogP contribution in [-0.4, -0.2) is 24.3 Å². The van der Waals surface area contributed by atoms with Crippen molar-refractivity contribution in [2.75, 3.05) is 11.9 Å². The summed E-state index contributed by atoms with van der Waals surface area (Å²) in [6.45, 7) is 5.74. The van der Waals surface area contributed by atoms with E-state index in [1.165, 1.54) is 0 Å². The SMILES string of the molecule is Cc1cccc(C(=O)Nc2ccc(C(=O)NNC(=O)COc3ccc(Br)cc3C(C)C)cc2)c1. The quantitative estimate of drug-likeness (QED) is 0.380. The van der Waals surface area contributed by atoms with Gasteiger partial charge in [0.15, 0.2) is 6.61 Å². The van der Waals surface area contributed by atoms with Gasteiger partial charge in [-0.15, -0.1) is 0 Å². The van der Waals surface area contributed by atoms with Crippen LogP contribution in [0.25, 0.3) is 0 Å². The number of rotatable bonds is 7. The third kappa shape index (κ3) is 6.92. The Labute approximate surface area is 207 Å². The predicted octanol–water partition coefficient (Wildman–Crippen LogP) is 4.97. The highest BCUT2D eigenvalue weighted by molar-refractivity contribution is 9.10. The molecule has 7 nitrogen and oxygen atoms in total. The fraction of sp³-hybridized carbons (Fsp3) is 0.192. The van der Waals surface area contributed by atoms with E-state index in [1.54, 1.807) is 42.5 Å². The number of carbonyl (C=O) groups is 3. The van der Waals surface area contributed by atoms with Crippen LogP contribution in [-0.2, 0) is 4.79 Å². The summed E-state index contributed by atoms with van der Waals surface area (Å²) in [6.07, 6.45) is 0. The monoisotopic (exact) mass is 523 g/mol. The van der Waals surface area contributed by atoms with Crippen LogP contribution in [0.1, 0.15) is 51.6 Å². The Morgan fingerprint density at radius 3 is 2.29 bits per heavy atom. The highest BCUT2D eigenvalue weighted by Crippen LogP contribution is 2.29. The van der Waals surface area contributed by atoms with Gasteiger partial charge in [0.1, 0.15) is 5.75 Å². The molecule has 0 atom stereocenters. The molecule has 0 aliphatic carbocycles. The maximum absolute atomic E-state index is 12.3. The van der Waals surface area contributed by atoms with Crippen molar-refractivity contribution in [1.82, 2.24) is 10.9 Å². The lowest BCUT2D eigenvalue weighted by Gasteiger charge is -2.14. The Hall–Kier alpha value is -3.65. The van der Waals surface area contributed by atoms with Crippen LogP contribution >= 0.6 is 15.9 Å². The molecule has 0 saturated heterocycles. The minimum Gasteiger partial charge on any atom is -0.483 e. The van der Waals surface area contributed by atoms with E-state index in [-0.39, 0.29) is 18.4 Å². The highest BCUT2D eigenvalue weighted by Gasteiger charge is 2.12. The van der Waals surface area contributed by atoms with Gasteiger partial charge in [0.05, 0.1) is 0 Å². The van der Waals surface area contributed by atoms with Crippen LogP contribution in [0.15, 0.2) is 71.2 Å². The third-order valence-corrected chi connectivity index (χ3v) is 5.45. The Bertz CT molecular complexity index is 1190. The number of hydrazine groups is 1. The number of benzene rings is 3. The second-order valence-corrected chi connectivity index (χ2v) is 8.94. The summed E-state index contributed by atoms with van der Waals surface area (Å²) >= 11 is 3.43. The minimum absolute atomic E-state index is 0.222. The van der Waals surface area contributed by atoms with Gasteiger partial charge in [0.2, 0.25) is 0 Å². The summed E-state index contributed by atoms with van der Waals surface area (Å²) in [5.41, 5.74) is 8.09. The molecule has 8 heteroatoms. The second kappa shape index (κ2) is 11.5. The zero-order valence-electron chi connectivity index (χ0n) is 19.1. The molecule has 34 heavy (non-hydrogen) atoms. The van der Waals surface area contributed by atoms with Gasteiger partial charge in [-0.1, -0.05) is 47.5 Å². The van der Waals surface area contributed by atoms with Crippen molar-refractivity contribution >= 4 is 39.3 Å². The lowest BCUT2D eigenvalue weighted by atomic mass is 10.0. The van der Waals surface area contributed by atoms with Crippen molar-refractivity contribution in [3.63, 3.8) is 0 Å². The number of nitrogens with one attached hydrogen (secondary N) is 3. The van der Waals surface area contributed by atoms with E-state index in [0.717, 1.165) is 15.6 Å². The molecule has 3 aromatic rings. The Morgan fingerprint density at radius 2 is 1.62 bits per heavy atom. The molecule has 0 heterocycles. The molecular formula is C26H26BrN3O4. The lowest BCUT2D eigenvalue weighted by Crippen LogP contribution is -2.43. The molecule has 3 aromatic carbocycles. The molecule has 3 N–H and O–H groups in total. The summed E-state index contributed by atoms with van der Waals surface area (Å²) in [7, 11) is 0. The molecule has 0 bridgehead atoms. The van der Waals surface area contributed by atoms with E-state index >= 15 is 0 Å². The van der Waals surface area contributed by atoms with Gasteiger partial charge in [0.25, 0.3) is 17.7 Å². The molecule has 0 aliphatic heterocycles. The van der Waals surface area contributed by atoms with Gasteiger partial charge in [0, 0.05) is 21.3 Å². The van der Waals surface area contributed by atoms with Crippen LogP contribution < -0.4 is 20.9 Å². The Kier molecular flexibility index (Phi) is 8.43. The first-order valence-corrected chi connectivity index (χ1v) is 11.5. The highest BCUT2D eigenvalue weighted by atomic mass is 79.9. The molecule has 3 rings (SSSR count). The topological polar surface area (TPSA) is 96.5 Å². The first-order valence-electron chi connectivity index (χ1n) is 10.7. The standard InChI is InChI=1S/C26H26BrN3O4/c1-16(2)22-14-20(27)9-12-23(22)34-15-24(31)29-30-26(33)18-7-10-21(11-8-18)28-25(32)19-6-4-5-17(3)13-19/h4-14,16H,15H2,1-3H3,(H,28,32)(H,29,31)(H,30,33). The fourth-order valence-corrected chi connectivity index (χ4v) is 3.55. The van der Waals surface area contributed by atoms with Crippen LogP contribution in [0.3, 0.4) is 0 Å². The van der Waals surface area contributed by atoms with Crippen LogP contribution in [0.2, 0.25) is 0 Å². The molecule has 0 radical (unpaired) electrons. The van der Waals surface area contributed by atoms with Crippen LogP contribution in [0, 0.1) is 6.92 Å². The van der Waals surface area contributed by atoms with E-state index in [2.05, 4.69) is 32.1 Å². The number of carbonyl (C=O) groups excluding carboxylic acids is 3. The predicted molar refractivity (Wildman–Crippen MR) is 135 cm³/mol. The lowest BCUT2D eigenvalue weighted by molar-refractivity contribution is -0.123. The van der Waals surface area contributed by atoms with Gasteiger partial charge in [-0.2, -0.15) is 0 Å². The number of ether oxygens (including phenoxy) is 1. The Morgan fingerprint density at radius 1 is 0.882 bits per heavy atom. The summed E-state index contributed by atoms with van der Waals surface area (Å²) in [6, 6.07) is 19.2. The van der Waals surface area contributed by atoms with E-state index in [0.29, 0.717) is 22.6 Å². The average Bonchev–Trinajstić information content (AvgIpc) is 2.82. The van der Waals surface area contributed by atoms with E-state index in [4.69, 9.17) is 4.74 Å². The number of amides is 3. The van der Waals surface area contributed by atoms with Crippen molar-refractivity contribution in [2.24, 2.45) is 0 Å². The normalized spacial score (nSPS) is 10.5. The molecular weight excluding hydrogens is 498 g/mol. The summed E-state index contributed by atoms with van der Waals surface area (Å²) in [5, 5.41) is 2.79. The molecule has 0 saturated carbocycles. The van der Waals surface area contributed by atoms with E-state index < -0.39 is 11.8 Å². The maximum atomic E-state index is 12.3. The molecule has 0 spiro atoms. The van der Waals surface area contributed by atoms with E-state index in [1.807, 2.05) is 45.0 Å². The van der Waals surface area contributed by atoms with Crippen molar-refractivity contribution < 1.29 is 19.1 Å². The van der Waals surface area contributed by atoms with Crippen molar-refractivity contribution in [2.45, 2.75) is 26.7 Å². The molecule has 0 fully saturated rings. The van der Waals surface area contributed by atoms with Crippen LogP contribution in [0.5, 0.6) is 5.75 Å². The summed E-state index contributed by atoms with van der Waals surface area (Å²) < 4.78 is 6.56. The second-order valence-electron chi connectivity index (χ2n) is 8.03. The molecule has 0 unspecified atom stereocenters. The average molecular weight is 524 g/mol. The van der Waals surface area contributed by atoms with Crippen molar-refractivity contribution in [3.05, 3.63) is 93.5 Å². The van der Waals surface area contributed by atoms with Gasteiger partial charge < -0.3 is 10.1 Å². The van der Waals surface area contributed by atoms with Crippen molar-refractivity contribution in [1.29, 1.82) is 0 Å². The minimum atomic E-state index is -0.493. The van der Waals surface area contributed by atoms with Gasteiger partial charge in [-0.05, 0) is 73.0 Å². The largest absolute Gasteiger partial charge is 0.483 e. The van der Waals surface area contributed by atoms with Crippen LogP contribution in [0.4, 0.5) is 5.69 Å². The van der Waals surface area contributed by atoms with Gasteiger partial charge in [-0.3, -0.25) is 25.2 Å². The molecule has 0 aliphatic rings. The molecule has 3 amide bonds. The smallest absolute Gasteiger partial charge is 0.276 e. The summed E-state index contributed by atoms with van der Waals surface area (Å²) in [4.78, 5) is 36.8. The number of anilines is 1. The maximum Gasteiger partial charge on any atom is 0.276 e. The number of aryl methyl sites for hydroxylation is 1. The molecule has 176 valence electrons. The first kappa shape index (κ1) is 25.0. The Balaban J connectivity index is 1.49. The third-order valence-electron chi connectivity index (χ3n) is 4.95. The number of hydrogen-bond acceptors (Lipinski definition) is 4. The summed E-state index contributed by atoms with van der Waals surface area (Å²) in [5.74, 6) is -0.383. The number of halogens is 1. The molecule has 0 aromatic heterocycles. The fourth-order valence-electron chi connectivity index (χ4n) is 3.17. The van der Waals surface area contributed by atoms with Crippen molar-refractivity contribution in [3.8, 4) is 5.75 Å². The zero-order chi connectivity index (χ0) is 24.7. The zero-order valence-corrected chi connectivity index (χ0v) is 20.7. The van der Waals surface area contributed by atoms with E-state index in [9.17, 15) is 14.4 Å². The van der Waals surface area contributed by atoms with Gasteiger partial charge in [-0.25, -0.2) is 0 Å².